The molecule has 1 heterocycles. The fourth-order valence-corrected chi connectivity index (χ4v) is 3.61. The number of ether oxygens (including phenoxy) is 1. The number of carbonyl (C=O) groups excluding carboxylic acids is 4. The first-order valence-corrected chi connectivity index (χ1v) is 9.95. The third-order valence-corrected chi connectivity index (χ3v) is 5.56. The van der Waals surface area contributed by atoms with E-state index in [-0.39, 0.29) is 5.78 Å². The maximum Gasteiger partial charge on any atom is 0.326 e. The highest BCUT2D eigenvalue weighted by atomic mass is 16.5. The second-order valence-electron chi connectivity index (χ2n) is 7.39. The molecule has 8 heteroatoms. The molecule has 0 spiro atoms. The van der Waals surface area contributed by atoms with Crippen LogP contribution in [-0.2, 0) is 15.1 Å². The summed E-state index contributed by atoms with van der Waals surface area (Å²) in [7, 11) is 1.54. The van der Waals surface area contributed by atoms with Crippen LogP contribution < -0.4 is 15.4 Å². The van der Waals surface area contributed by atoms with Gasteiger partial charge in [-0.25, -0.2) is 9.69 Å². The molecule has 0 bridgehead atoms. The number of Topliss-reactive ketones (excluding diaryl/α,β-unsaturated/α-hetero) is 1. The minimum absolute atomic E-state index is 0.0833. The van der Waals surface area contributed by atoms with Crippen LogP contribution in [0.3, 0.4) is 0 Å². The van der Waals surface area contributed by atoms with E-state index < -0.39 is 29.4 Å². The maximum absolute atomic E-state index is 13.3. The zero-order valence-electron chi connectivity index (χ0n) is 17.9. The van der Waals surface area contributed by atoms with Gasteiger partial charge in [0.25, 0.3) is 5.91 Å². The fourth-order valence-electron chi connectivity index (χ4n) is 3.61. The summed E-state index contributed by atoms with van der Waals surface area (Å²) in [6, 6.07) is 11.6. The molecule has 1 saturated heterocycles. The average molecular weight is 423 g/mol. The van der Waals surface area contributed by atoms with Gasteiger partial charge in [0.05, 0.1) is 7.11 Å². The first kappa shape index (κ1) is 22.0. The molecule has 2 N–H and O–H groups in total. The van der Waals surface area contributed by atoms with E-state index >= 15 is 0 Å². The normalized spacial score (nSPS) is 19.0. The van der Waals surface area contributed by atoms with E-state index in [0.29, 0.717) is 29.0 Å². The smallest absolute Gasteiger partial charge is 0.326 e. The Labute approximate surface area is 180 Å². The number of nitrogens with one attached hydrogen (secondary N) is 2. The molecule has 0 saturated carbocycles. The second kappa shape index (κ2) is 8.59. The van der Waals surface area contributed by atoms with Crippen molar-refractivity contribution in [2.24, 2.45) is 0 Å². The second-order valence-corrected chi connectivity index (χ2v) is 7.39. The molecule has 0 aromatic heterocycles. The fraction of sp³-hybridized carbons (Fsp3) is 0.304. The van der Waals surface area contributed by atoms with Gasteiger partial charge in [0.15, 0.2) is 5.78 Å². The molecule has 1 fully saturated rings. The largest absolute Gasteiger partial charge is 0.497 e. The average Bonchev–Trinajstić information content (AvgIpc) is 3.04. The first-order valence-electron chi connectivity index (χ1n) is 9.95. The highest BCUT2D eigenvalue weighted by Crippen LogP contribution is 2.34. The monoisotopic (exact) mass is 423 g/mol. The molecule has 1 aliphatic rings. The highest BCUT2D eigenvalue weighted by Gasteiger charge is 2.53. The van der Waals surface area contributed by atoms with Gasteiger partial charge in [0.2, 0.25) is 5.91 Å². The summed E-state index contributed by atoms with van der Waals surface area (Å²) in [6.07, 6.45) is 0.321. The van der Waals surface area contributed by atoms with Crippen molar-refractivity contribution >= 4 is 29.3 Å². The lowest BCUT2D eigenvalue weighted by Crippen LogP contribution is -2.47. The van der Waals surface area contributed by atoms with Crippen molar-refractivity contribution in [3.05, 3.63) is 59.7 Å². The standard InChI is InChI=1S/C23H25N3O5/c1-5-23(17-8-12-19(31-4)13-9-17)21(29)26(22(30)25-23)14(2)20(28)24-18-10-6-16(7-11-18)15(3)27/h6-14H,5H2,1-4H3,(H,24,28)(H,25,30)/t14-,23+/m1/s1. The molecule has 1 aliphatic heterocycles. The Hall–Kier alpha value is -3.68. The SMILES string of the molecule is CC[C@@]1(c2ccc(OC)cc2)NC(=O)N([C@H](C)C(=O)Nc2ccc(C(C)=O)cc2)C1=O. The molecule has 8 nitrogen and oxygen atoms in total. The quantitative estimate of drug-likeness (QED) is 0.526. The van der Waals surface area contributed by atoms with E-state index in [4.69, 9.17) is 4.74 Å². The molecule has 0 aliphatic carbocycles. The van der Waals surface area contributed by atoms with Crippen molar-refractivity contribution in [1.82, 2.24) is 10.2 Å². The molecule has 2 aromatic carbocycles. The van der Waals surface area contributed by atoms with Crippen LogP contribution in [0, 0.1) is 0 Å². The van der Waals surface area contributed by atoms with Crippen molar-refractivity contribution in [1.29, 1.82) is 0 Å². The summed E-state index contributed by atoms with van der Waals surface area (Å²) in [6.45, 7) is 4.75. The Morgan fingerprint density at radius 1 is 1.10 bits per heavy atom. The van der Waals surface area contributed by atoms with Gasteiger partial charge in [-0.05, 0) is 62.2 Å². The zero-order valence-corrected chi connectivity index (χ0v) is 17.9. The number of imide groups is 1. The lowest BCUT2D eigenvalue weighted by Gasteiger charge is -2.27. The first-order chi connectivity index (χ1) is 14.7. The molecule has 3 rings (SSSR count). The molecular weight excluding hydrogens is 398 g/mol. The summed E-state index contributed by atoms with van der Waals surface area (Å²) in [5, 5.41) is 5.45. The van der Waals surface area contributed by atoms with Crippen LogP contribution in [0.1, 0.15) is 43.1 Å². The van der Waals surface area contributed by atoms with E-state index in [1.54, 1.807) is 62.6 Å². The Morgan fingerprint density at radius 3 is 2.23 bits per heavy atom. The summed E-state index contributed by atoms with van der Waals surface area (Å²) in [4.78, 5) is 51.2. The van der Waals surface area contributed by atoms with Crippen molar-refractivity contribution in [3.8, 4) is 5.75 Å². The van der Waals surface area contributed by atoms with Gasteiger partial charge >= 0.3 is 6.03 Å². The Balaban J connectivity index is 1.81. The van der Waals surface area contributed by atoms with Crippen LogP contribution in [0.2, 0.25) is 0 Å². The van der Waals surface area contributed by atoms with E-state index in [9.17, 15) is 19.2 Å². The third-order valence-electron chi connectivity index (χ3n) is 5.56. The van der Waals surface area contributed by atoms with Crippen LogP contribution in [0.4, 0.5) is 10.5 Å². The molecule has 4 amide bonds. The number of rotatable bonds is 7. The van der Waals surface area contributed by atoms with Crippen molar-refractivity contribution < 1.29 is 23.9 Å². The molecule has 2 atom stereocenters. The summed E-state index contributed by atoms with van der Waals surface area (Å²) in [5.74, 6) is -0.451. The Kier molecular flexibility index (Phi) is 6.10. The maximum atomic E-state index is 13.3. The molecule has 31 heavy (non-hydrogen) atoms. The van der Waals surface area contributed by atoms with Crippen LogP contribution in [0.25, 0.3) is 0 Å². The number of ketones is 1. The van der Waals surface area contributed by atoms with Crippen LogP contribution in [0.15, 0.2) is 48.5 Å². The van der Waals surface area contributed by atoms with Crippen LogP contribution >= 0.6 is 0 Å². The summed E-state index contributed by atoms with van der Waals surface area (Å²) >= 11 is 0. The molecular formula is C23H25N3O5. The van der Waals surface area contributed by atoms with Crippen molar-refractivity contribution in [2.75, 3.05) is 12.4 Å². The Morgan fingerprint density at radius 2 is 1.71 bits per heavy atom. The van der Waals surface area contributed by atoms with Gasteiger partial charge in [0.1, 0.15) is 17.3 Å². The highest BCUT2D eigenvalue weighted by molar-refractivity contribution is 6.11. The van der Waals surface area contributed by atoms with Crippen LogP contribution in [0.5, 0.6) is 5.75 Å². The van der Waals surface area contributed by atoms with Gasteiger partial charge in [0, 0.05) is 11.3 Å². The zero-order chi connectivity index (χ0) is 22.8. The number of methoxy groups -OCH3 is 1. The minimum Gasteiger partial charge on any atom is -0.497 e. The van der Waals surface area contributed by atoms with Gasteiger partial charge in [-0.1, -0.05) is 19.1 Å². The number of amides is 4. The summed E-state index contributed by atoms with van der Waals surface area (Å²) < 4.78 is 5.16. The minimum atomic E-state index is -1.25. The van der Waals surface area contributed by atoms with Crippen LogP contribution in [-0.4, -0.2) is 41.7 Å². The number of urea groups is 1. The van der Waals surface area contributed by atoms with Crippen molar-refractivity contribution in [2.45, 2.75) is 38.8 Å². The van der Waals surface area contributed by atoms with E-state index in [2.05, 4.69) is 10.6 Å². The summed E-state index contributed by atoms with van der Waals surface area (Å²) in [5.41, 5.74) is 0.350. The number of nitrogens with zero attached hydrogens (tertiary/aromatic N) is 1. The topological polar surface area (TPSA) is 105 Å². The van der Waals surface area contributed by atoms with E-state index in [1.807, 2.05) is 0 Å². The van der Waals surface area contributed by atoms with Gasteiger partial charge in [-0.3, -0.25) is 14.4 Å². The molecule has 162 valence electrons. The van der Waals surface area contributed by atoms with Crippen molar-refractivity contribution in [3.63, 3.8) is 0 Å². The predicted octanol–water partition coefficient (Wildman–Crippen LogP) is 3.08. The number of carbonyl (C=O) groups is 4. The lowest BCUT2D eigenvalue weighted by atomic mass is 9.87. The van der Waals surface area contributed by atoms with Gasteiger partial charge in [-0.2, -0.15) is 0 Å². The third kappa shape index (κ3) is 4.01. The number of hydrogen-bond acceptors (Lipinski definition) is 5. The molecule has 0 unspecified atom stereocenters. The lowest BCUT2D eigenvalue weighted by molar-refractivity contribution is -0.136. The molecule has 2 aromatic rings. The van der Waals surface area contributed by atoms with Gasteiger partial charge < -0.3 is 15.4 Å². The molecule has 0 radical (unpaired) electrons. The predicted molar refractivity (Wildman–Crippen MR) is 115 cm³/mol. The number of anilines is 1. The van der Waals surface area contributed by atoms with Gasteiger partial charge in [-0.15, -0.1) is 0 Å². The van der Waals surface area contributed by atoms with E-state index in [0.717, 1.165) is 4.90 Å². The number of benzene rings is 2. The number of hydrogen-bond donors (Lipinski definition) is 2. The Bertz CT molecular complexity index is 1020. The van der Waals surface area contributed by atoms with E-state index in [1.165, 1.54) is 13.8 Å².